The van der Waals surface area contributed by atoms with E-state index >= 15 is 0 Å². The quantitative estimate of drug-likeness (QED) is 0.898. The number of H-pyrrole nitrogens is 1. The van der Waals surface area contributed by atoms with Gasteiger partial charge in [0.05, 0.1) is 5.69 Å². The van der Waals surface area contributed by atoms with Crippen LogP contribution < -0.4 is 5.56 Å². The Morgan fingerprint density at radius 3 is 2.78 bits per heavy atom. The molecular formula is C13H11N3OS. The third kappa shape index (κ3) is 2.39. The molecule has 90 valence electrons. The van der Waals surface area contributed by atoms with Gasteiger partial charge in [-0.2, -0.15) is 10.4 Å². The first-order valence-corrected chi connectivity index (χ1v) is 6.17. The molecule has 0 aliphatic heterocycles. The third-order valence-corrected chi connectivity index (χ3v) is 3.51. The average Bonchev–Trinajstić information content (AvgIpc) is 2.75. The van der Waals surface area contributed by atoms with E-state index in [4.69, 9.17) is 5.26 Å². The van der Waals surface area contributed by atoms with Gasteiger partial charge in [0.25, 0.3) is 5.56 Å². The number of hydrogen-bond donors (Lipinski definition) is 1. The van der Waals surface area contributed by atoms with Crippen LogP contribution in [0.15, 0.2) is 16.9 Å². The topological polar surface area (TPSA) is 69.5 Å². The molecule has 0 fully saturated rings. The normalized spacial score (nSPS) is 10.7. The Bertz CT molecular complexity index is 704. The molecule has 1 N–H and O–H groups in total. The fourth-order valence-electron chi connectivity index (χ4n) is 1.55. The monoisotopic (exact) mass is 257 g/mol. The number of aromatic nitrogens is 2. The van der Waals surface area contributed by atoms with E-state index in [9.17, 15) is 4.79 Å². The lowest BCUT2D eigenvalue weighted by Gasteiger charge is -1.99. The SMILES string of the molecule is Cc1ccc(/C=C/c2n[nH]c(=O)c(C#N)c2C)s1. The highest BCUT2D eigenvalue weighted by Gasteiger charge is 2.07. The van der Waals surface area contributed by atoms with Crippen LogP contribution in [0.1, 0.15) is 26.6 Å². The molecule has 0 atom stereocenters. The lowest BCUT2D eigenvalue weighted by Crippen LogP contribution is -2.15. The summed E-state index contributed by atoms with van der Waals surface area (Å²) in [6, 6.07) is 5.95. The van der Waals surface area contributed by atoms with Crippen molar-refractivity contribution in [3.05, 3.63) is 49.1 Å². The summed E-state index contributed by atoms with van der Waals surface area (Å²) in [5.74, 6) is 0. The Morgan fingerprint density at radius 1 is 1.39 bits per heavy atom. The van der Waals surface area contributed by atoms with Crippen LogP contribution in [0.5, 0.6) is 0 Å². The summed E-state index contributed by atoms with van der Waals surface area (Å²) in [5, 5.41) is 15.2. The van der Waals surface area contributed by atoms with Crippen LogP contribution >= 0.6 is 11.3 Å². The molecule has 2 aromatic rings. The van der Waals surface area contributed by atoms with Gasteiger partial charge in [-0.05, 0) is 43.7 Å². The smallest absolute Gasteiger partial charge is 0.267 e. The van der Waals surface area contributed by atoms with Gasteiger partial charge in [0.2, 0.25) is 0 Å². The lowest BCUT2D eigenvalue weighted by molar-refractivity contribution is 0.953. The van der Waals surface area contributed by atoms with Gasteiger partial charge in [0.1, 0.15) is 11.6 Å². The Morgan fingerprint density at radius 2 is 2.17 bits per heavy atom. The molecule has 0 bridgehead atoms. The van der Waals surface area contributed by atoms with E-state index in [1.807, 2.05) is 31.2 Å². The fraction of sp³-hybridized carbons (Fsp3) is 0.154. The molecular weight excluding hydrogens is 246 g/mol. The van der Waals surface area contributed by atoms with Crippen LogP contribution in [0, 0.1) is 25.2 Å². The van der Waals surface area contributed by atoms with Crippen LogP contribution in [0.4, 0.5) is 0 Å². The van der Waals surface area contributed by atoms with Gasteiger partial charge in [-0.1, -0.05) is 0 Å². The number of aryl methyl sites for hydroxylation is 1. The highest BCUT2D eigenvalue weighted by atomic mass is 32.1. The largest absolute Gasteiger partial charge is 0.282 e. The van der Waals surface area contributed by atoms with Crippen molar-refractivity contribution in [2.75, 3.05) is 0 Å². The van der Waals surface area contributed by atoms with Gasteiger partial charge in [-0.15, -0.1) is 11.3 Å². The summed E-state index contributed by atoms with van der Waals surface area (Å²) >= 11 is 1.67. The predicted molar refractivity (Wildman–Crippen MR) is 72.3 cm³/mol. The summed E-state index contributed by atoms with van der Waals surface area (Å²) in [4.78, 5) is 13.7. The molecule has 0 amide bonds. The van der Waals surface area contributed by atoms with Gasteiger partial charge >= 0.3 is 0 Å². The van der Waals surface area contributed by atoms with E-state index in [2.05, 4.69) is 10.2 Å². The molecule has 0 unspecified atom stereocenters. The minimum absolute atomic E-state index is 0.118. The molecule has 0 aliphatic rings. The molecule has 18 heavy (non-hydrogen) atoms. The molecule has 0 saturated carbocycles. The predicted octanol–water partition coefficient (Wildman–Crippen LogP) is 2.49. The molecule has 2 rings (SSSR count). The Hall–Kier alpha value is -2.19. The zero-order valence-electron chi connectivity index (χ0n) is 10.0. The number of rotatable bonds is 2. The van der Waals surface area contributed by atoms with Gasteiger partial charge in [-0.25, -0.2) is 5.10 Å². The first-order chi connectivity index (χ1) is 8.61. The van der Waals surface area contributed by atoms with Crippen molar-refractivity contribution in [2.24, 2.45) is 0 Å². The van der Waals surface area contributed by atoms with E-state index in [0.717, 1.165) is 4.88 Å². The molecule has 0 aliphatic carbocycles. The van der Waals surface area contributed by atoms with E-state index in [1.165, 1.54) is 4.88 Å². The van der Waals surface area contributed by atoms with Crippen LogP contribution in [-0.4, -0.2) is 10.2 Å². The van der Waals surface area contributed by atoms with Gasteiger partial charge in [-0.3, -0.25) is 4.79 Å². The van der Waals surface area contributed by atoms with Crippen molar-refractivity contribution in [3.8, 4) is 6.07 Å². The maximum absolute atomic E-state index is 11.3. The summed E-state index contributed by atoms with van der Waals surface area (Å²) < 4.78 is 0. The number of aromatic amines is 1. The van der Waals surface area contributed by atoms with Crippen molar-refractivity contribution in [1.82, 2.24) is 10.2 Å². The summed E-state index contributed by atoms with van der Waals surface area (Å²) in [6.45, 7) is 3.76. The van der Waals surface area contributed by atoms with E-state index < -0.39 is 5.56 Å². The number of nitrogens with one attached hydrogen (secondary N) is 1. The molecule has 2 heterocycles. The number of nitriles is 1. The minimum atomic E-state index is -0.445. The van der Waals surface area contributed by atoms with E-state index in [0.29, 0.717) is 11.3 Å². The second-order valence-corrected chi connectivity index (χ2v) is 5.15. The fourth-order valence-corrected chi connectivity index (χ4v) is 2.33. The standard InChI is InChI=1S/C13H11N3OS/c1-8-3-4-10(18-8)5-6-12-9(2)11(7-14)13(17)16-15-12/h3-6H,1-2H3,(H,16,17)/b6-5+. The zero-order valence-corrected chi connectivity index (χ0v) is 10.8. The highest BCUT2D eigenvalue weighted by molar-refractivity contribution is 7.12. The van der Waals surface area contributed by atoms with E-state index in [1.54, 1.807) is 24.3 Å². The van der Waals surface area contributed by atoms with Gasteiger partial charge in [0, 0.05) is 9.75 Å². The van der Waals surface area contributed by atoms with Crippen LogP contribution in [-0.2, 0) is 0 Å². The Labute approximate surface area is 108 Å². The number of nitrogens with zero attached hydrogens (tertiary/aromatic N) is 2. The summed E-state index contributed by atoms with van der Waals surface area (Å²) in [5.41, 5.74) is 0.883. The second-order valence-electron chi connectivity index (χ2n) is 3.83. The molecule has 0 radical (unpaired) electrons. The lowest BCUT2D eigenvalue weighted by atomic mass is 10.1. The Balaban J connectivity index is 2.39. The molecule has 4 nitrogen and oxygen atoms in total. The number of thiophene rings is 1. The summed E-state index contributed by atoms with van der Waals surface area (Å²) in [6.07, 6.45) is 3.73. The van der Waals surface area contributed by atoms with Crippen molar-refractivity contribution < 1.29 is 0 Å². The highest BCUT2D eigenvalue weighted by Crippen LogP contribution is 2.18. The van der Waals surface area contributed by atoms with Gasteiger partial charge < -0.3 is 0 Å². The van der Waals surface area contributed by atoms with Crippen molar-refractivity contribution in [2.45, 2.75) is 13.8 Å². The average molecular weight is 257 g/mol. The molecule has 0 saturated heterocycles. The van der Waals surface area contributed by atoms with Gasteiger partial charge in [0.15, 0.2) is 0 Å². The first kappa shape index (κ1) is 12.3. The van der Waals surface area contributed by atoms with Crippen LogP contribution in [0.25, 0.3) is 12.2 Å². The Kier molecular flexibility index (Phi) is 3.40. The number of hydrogen-bond acceptors (Lipinski definition) is 4. The van der Waals surface area contributed by atoms with Crippen LogP contribution in [0.3, 0.4) is 0 Å². The molecule has 0 aromatic carbocycles. The molecule has 0 spiro atoms. The second kappa shape index (κ2) is 4.98. The molecule has 2 aromatic heterocycles. The van der Waals surface area contributed by atoms with Crippen molar-refractivity contribution >= 4 is 23.5 Å². The minimum Gasteiger partial charge on any atom is -0.267 e. The molecule has 5 heteroatoms. The maximum atomic E-state index is 11.3. The van der Waals surface area contributed by atoms with Crippen LogP contribution in [0.2, 0.25) is 0 Å². The summed E-state index contributed by atoms with van der Waals surface area (Å²) in [7, 11) is 0. The van der Waals surface area contributed by atoms with E-state index in [-0.39, 0.29) is 5.56 Å². The zero-order chi connectivity index (χ0) is 13.1. The van der Waals surface area contributed by atoms with Crippen molar-refractivity contribution in [3.63, 3.8) is 0 Å². The maximum Gasteiger partial charge on any atom is 0.282 e. The third-order valence-electron chi connectivity index (χ3n) is 2.54. The van der Waals surface area contributed by atoms with Crippen molar-refractivity contribution in [1.29, 1.82) is 5.26 Å². The first-order valence-electron chi connectivity index (χ1n) is 5.35.